The van der Waals surface area contributed by atoms with Gasteiger partial charge in [-0.3, -0.25) is 0 Å². The maximum atomic E-state index is 6.04. The molecule has 0 spiro atoms. The Morgan fingerprint density at radius 2 is 1.17 bits per heavy atom. The van der Waals surface area contributed by atoms with E-state index in [1.54, 1.807) is 0 Å². The van der Waals surface area contributed by atoms with E-state index in [1.807, 2.05) is 24.3 Å². The molecule has 0 saturated carbocycles. The average Bonchev–Trinajstić information content (AvgIpc) is 2.99. The Morgan fingerprint density at radius 1 is 0.724 bits per heavy atom. The Labute approximate surface area is 179 Å². The van der Waals surface area contributed by atoms with Crippen LogP contribution in [0.25, 0.3) is 0 Å². The topological polar surface area (TPSA) is 18.5 Å². The first-order valence-corrected chi connectivity index (χ1v) is 11.8. The van der Waals surface area contributed by atoms with E-state index >= 15 is 0 Å². The molecule has 156 valence electrons. The molecular formula is C25H36BO2P. The molecule has 0 amide bonds. The normalized spacial score (nSPS) is 14.9. The van der Waals surface area contributed by atoms with Crippen LogP contribution in [0.5, 0.6) is 11.5 Å². The summed E-state index contributed by atoms with van der Waals surface area (Å²) in [5.74, 6) is 1.72. The van der Waals surface area contributed by atoms with E-state index in [-0.39, 0.29) is 23.4 Å². The predicted octanol–water partition coefficient (Wildman–Crippen LogP) is 6.38. The molecule has 1 unspecified atom stereocenters. The lowest BCUT2D eigenvalue weighted by Gasteiger charge is -2.33. The zero-order valence-electron chi connectivity index (χ0n) is 19.6. The predicted molar refractivity (Wildman–Crippen MR) is 129 cm³/mol. The number of fused-ring (bicyclic) bond motifs is 1. The highest BCUT2D eigenvalue weighted by atomic mass is 31.1. The minimum Gasteiger partial charge on any atom is -0.523 e. The van der Waals surface area contributed by atoms with Crippen LogP contribution in [0.3, 0.4) is 0 Å². The minimum absolute atomic E-state index is 0.0872. The second-order valence-corrected chi connectivity index (χ2v) is 12.5. The Morgan fingerprint density at radius 3 is 1.55 bits per heavy atom. The molecule has 0 N–H and O–H groups in total. The van der Waals surface area contributed by atoms with Crippen LogP contribution in [-0.2, 0) is 16.2 Å². The fourth-order valence-electron chi connectivity index (χ4n) is 3.67. The van der Waals surface area contributed by atoms with Crippen LogP contribution in [0.15, 0.2) is 36.4 Å². The summed E-state index contributed by atoms with van der Waals surface area (Å²) in [6.45, 7) is 20.9. The molecular weight excluding hydrogens is 374 g/mol. The third-order valence-electron chi connectivity index (χ3n) is 5.43. The van der Waals surface area contributed by atoms with Gasteiger partial charge in [0.2, 0.25) is 0 Å². The first-order valence-electron chi connectivity index (χ1n) is 10.6. The summed E-state index contributed by atoms with van der Waals surface area (Å²) >= 11 is 0. The van der Waals surface area contributed by atoms with Gasteiger partial charge in [-0.1, -0.05) is 95.2 Å². The molecule has 4 heteroatoms. The SMILES string of the molecule is CC(C)(C)c1cc(C(C)(C)C)c(PCB2Oc3ccccc3O2)c(C(C)(C)C)c1. The molecule has 3 rings (SSSR count). The number of para-hydroxylation sites is 2. The van der Waals surface area contributed by atoms with Crippen LogP contribution in [0.2, 0.25) is 0 Å². The Balaban J connectivity index is 1.98. The molecule has 2 aromatic rings. The fourth-order valence-corrected chi connectivity index (χ4v) is 5.48. The molecule has 1 heterocycles. The number of rotatable bonds is 3. The molecule has 1 atom stereocenters. The van der Waals surface area contributed by atoms with Crippen LogP contribution in [-0.4, -0.2) is 13.2 Å². The third kappa shape index (κ3) is 5.00. The second kappa shape index (κ2) is 7.66. The Hall–Kier alpha value is -1.47. The van der Waals surface area contributed by atoms with Crippen molar-refractivity contribution in [2.24, 2.45) is 0 Å². The van der Waals surface area contributed by atoms with Gasteiger partial charge in [-0.2, -0.15) is 0 Å². The summed E-state index contributed by atoms with van der Waals surface area (Å²) < 4.78 is 12.1. The zero-order chi connectivity index (χ0) is 21.6. The van der Waals surface area contributed by atoms with Gasteiger partial charge in [0.25, 0.3) is 0 Å². The second-order valence-electron chi connectivity index (χ2n) is 11.2. The molecule has 0 bridgehead atoms. The highest BCUT2D eigenvalue weighted by molar-refractivity contribution is 7.49. The van der Waals surface area contributed by atoms with Crippen molar-refractivity contribution in [3.63, 3.8) is 0 Å². The van der Waals surface area contributed by atoms with Crippen molar-refractivity contribution >= 4 is 21.0 Å². The molecule has 29 heavy (non-hydrogen) atoms. The van der Waals surface area contributed by atoms with Crippen molar-refractivity contribution < 1.29 is 9.31 Å². The number of hydrogen-bond acceptors (Lipinski definition) is 2. The molecule has 0 radical (unpaired) electrons. The van der Waals surface area contributed by atoms with Gasteiger partial charge < -0.3 is 9.31 Å². The standard InChI is InChI=1S/C25H36BO2P/c1-23(2,3)17-14-18(24(4,5)6)22(19(15-17)25(7,8)9)29-16-26-27-20-12-10-11-13-21(20)28-26/h10-15,29H,16H2,1-9H3. The molecule has 0 fully saturated rings. The van der Waals surface area contributed by atoms with Crippen molar-refractivity contribution in [1.82, 2.24) is 0 Å². The molecule has 0 aliphatic carbocycles. The first kappa shape index (κ1) is 22.2. The lowest BCUT2D eigenvalue weighted by atomic mass is 9.75. The average molecular weight is 410 g/mol. The number of hydrogen-bond donors (Lipinski definition) is 0. The van der Waals surface area contributed by atoms with E-state index in [0.29, 0.717) is 8.58 Å². The van der Waals surface area contributed by atoms with Crippen molar-refractivity contribution in [3.8, 4) is 11.5 Å². The minimum atomic E-state index is -0.200. The van der Waals surface area contributed by atoms with Crippen LogP contribution in [0, 0.1) is 0 Å². The van der Waals surface area contributed by atoms with Crippen molar-refractivity contribution in [2.45, 2.75) is 78.6 Å². The lowest BCUT2D eigenvalue weighted by Crippen LogP contribution is -2.33. The molecule has 0 aromatic heterocycles. The molecule has 1 aliphatic rings. The van der Waals surface area contributed by atoms with E-state index in [0.717, 1.165) is 17.6 Å². The summed E-state index contributed by atoms with van der Waals surface area (Å²) in [6.07, 6.45) is 0. The van der Waals surface area contributed by atoms with Gasteiger partial charge in [-0.05, 0) is 50.4 Å². The summed E-state index contributed by atoms with van der Waals surface area (Å²) in [6, 6.07) is 13.7. The van der Waals surface area contributed by atoms with Crippen molar-refractivity contribution in [1.29, 1.82) is 0 Å². The summed E-state index contributed by atoms with van der Waals surface area (Å²) in [5, 5.41) is 1.49. The maximum absolute atomic E-state index is 6.04. The molecule has 1 aliphatic heterocycles. The Kier molecular flexibility index (Phi) is 5.87. The number of benzene rings is 2. The summed E-state index contributed by atoms with van der Waals surface area (Å²) in [7, 11) is 0.440. The maximum Gasteiger partial charge on any atom is 0.599 e. The zero-order valence-corrected chi connectivity index (χ0v) is 20.6. The van der Waals surface area contributed by atoms with Crippen molar-refractivity contribution in [3.05, 3.63) is 53.1 Å². The van der Waals surface area contributed by atoms with Crippen LogP contribution in [0.4, 0.5) is 0 Å². The fraction of sp³-hybridized carbons (Fsp3) is 0.520. The quantitative estimate of drug-likeness (QED) is 0.432. The molecule has 0 saturated heterocycles. The Bertz CT molecular complexity index is 825. The van der Waals surface area contributed by atoms with Gasteiger partial charge in [0.15, 0.2) is 0 Å². The summed E-state index contributed by atoms with van der Waals surface area (Å²) in [4.78, 5) is 0. The van der Waals surface area contributed by atoms with Crippen LogP contribution < -0.4 is 14.6 Å². The van der Waals surface area contributed by atoms with Gasteiger partial charge in [-0.25, -0.2) is 0 Å². The summed E-state index contributed by atoms with van der Waals surface area (Å²) in [5.41, 5.74) is 4.64. The highest BCUT2D eigenvalue weighted by Crippen LogP contribution is 2.38. The largest absolute Gasteiger partial charge is 0.599 e. The van der Waals surface area contributed by atoms with Gasteiger partial charge in [0.1, 0.15) is 11.5 Å². The van der Waals surface area contributed by atoms with Gasteiger partial charge in [0, 0.05) is 6.06 Å². The molecule has 2 nitrogen and oxygen atoms in total. The first-order chi connectivity index (χ1) is 13.3. The lowest BCUT2D eigenvalue weighted by molar-refractivity contribution is 0.508. The van der Waals surface area contributed by atoms with E-state index < -0.39 is 0 Å². The smallest absolute Gasteiger partial charge is 0.523 e. The van der Waals surface area contributed by atoms with E-state index in [4.69, 9.17) is 9.31 Å². The van der Waals surface area contributed by atoms with Gasteiger partial charge in [-0.15, -0.1) is 0 Å². The van der Waals surface area contributed by atoms with Crippen molar-refractivity contribution in [2.75, 3.05) is 6.06 Å². The van der Waals surface area contributed by atoms with E-state index in [2.05, 4.69) is 74.4 Å². The van der Waals surface area contributed by atoms with Gasteiger partial charge in [0.05, 0.1) is 0 Å². The third-order valence-corrected chi connectivity index (χ3v) is 6.86. The van der Waals surface area contributed by atoms with E-state index in [9.17, 15) is 0 Å². The van der Waals surface area contributed by atoms with Gasteiger partial charge >= 0.3 is 7.12 Å². The van der Waals surface area contributed by atoms with Crippen LogP contribution >= 0.6 is 8.58 Å². The monoisotopic (exact) mass is 410 g/mol. The van der Waals surface area contributed by atoms with Crippen LogP contribution in [0.1, 0.15) is 79.0 Å². The molecule has 2 aromatic carbocycles. The van der Waals surface area contributed by atoms with E-state index in [1.165, 1.54) is 22.0 Å². The highest BCUT2D eigenvalue weighted by Gasteiger charge is 2.34.